The molecular weight excluding hydrogens is 306 g/mol. The fourth-order valence-electron chi connectivity index (χ4n) is 2.15. The summed E-state index contributed by atoms with van der Waals surface area (Å²) in [6.45, 7) is 3.71. The maximum absolute atomic E-state index is 4.43. The number of nitrogens with zero attached hydrogens (tertiary/aromatic N) is 5. The average molecular weight is 320 g/mol. The Morgan fingerprint density at radius 1 is 0.895 bits per heavy atom. The van der Waals surface area contributed by atoms with Gasteiger partial charge in [0.15, 0.2) is 0 Å². The quantitative estimate of drug-likeness (QED) is 0.846. The minimum Gasteiger partial charge on any atom is -0.353 e. The van der Waals surface area contributed by atoms with E-state index in [9.17, 15) is 0 Å². The van der Waals surface area contributed by atoms with Crippen molar-refractivity contribution in [3.63, 3.8) is 0 Å². The van der Waals surface area contributed by atoms with Gasteiger partial charge in [-0.05, 0) is 34.1 Å². The van der Waals surface area contributed by atoms with Gasteiger partial charge in [-0.1, -0.05) is 0 Å². The van der Waals surface area contributed by atoms with Crippen LogP contribution in [0.25, 0.3) is 0 Å². The topological polar surface area (TPSA) is 45.2 Å². The zero-order chi connectivity index (χ0) is 13.1. The molecule has 1 saturated heterocycles. The van der Waals surface area contributed by atoms with Crippen molar-refractivity contribution in [3.05, 3.63) is 41.3 Å². The molecule has 3 rings (SSSR count). The van der Waals surface area contributed by atoms with E-state index in [0.717, 1.165) is 42.4 Å². The second-order valence-corrected chi connectivity index (χ2v) is 5.27. The Bertz CT molecular complexity index is 522. The first-order valence-corrected chi connectivity index (χ1v) is 7.01. The van der Waals surface area contributed by atoms with E-state index in [1.807, 2.05) is 24.4 Å². The summed E-state index contributed by atoms with van der Waals surface area (Å²) in [6.07, 6.45) is 5.40. The number of rotatable bonds is 2. The van der Waals surface area contributed by atoms with Crippen LogP contribution in [0.5, 0.6) is 0 Å². The summed E-state index contributed by atoms with van der Waals surface area (Å²) >= 11 is 3.40. The van der Waals surface area contributed by atoms with Crippen LogP contribution in [0.3, 0.4) is 0 Å². The fraction of sp³-hybridized carbons (Fsp3) is 0.308. The van der Waals surface area contributed by atoms with Gasteiger partial charge in [0, 0.05) is 49.2 Å². The second-order valence-electron chi connectivity index (χ2n) is 4.36. The van der Waals surface area contributed by atoms with Crippen molar-refractivity contribution in [1.82, 2.24) is 15.0 Å². The Morgan fingerprint density at radius 3 is 2.21 bits per heavy atom. The molecule has 6 heteroatoms. The van der Waals surface area contributed by atoms with Crippen molar-refractivity contribution < 1.29 is 0 Å². The molecule has 0 aromatic carbocycles. The van der Waals surface area contributed by atoms with Gasteiger partial charge in [0.05, 0.1) is 0 Å². The van der Waals surface area contributed by atoms with Crippen LogP contribution in [0.2, 0.25) is 0 Å². The molecule has 2 aromatic rings. The lowest BCUT2D eigenvalue weighted by Gasteiger charge is -2.35. The summed E-state index contributed by atoms with van der Waals surface area (Å²) in [6, 6.07) is 5.90. The molecule has 19 heavy (non-hydrogen) atoms. The Kier molecular flexibility index (Phi) is 3.59. The van der Waals surface area contributed by atoms with Crippen molar-refractivity contribution in [3.8, 4) is 0 Å². The van der Waals surface area contributed by atoms with Crippen LogP contribution in [0.1, 0.15) is 0 Å². The molecule has 0 aliphatic carbocycles. The van der Waals surface area contributed by atoms with Crippen molar-refractivity contribution in [2.24, 2.45) is 0 Å². The fourth-order valence-corrected chi connectivity index (χ4v) is 2.38. The summed E-state index contributed by atoms with van der Waals surface area (Å²) in [5.74, 6) is 1.84. The largest absolute Gasteiger partial charge is 0.353 e. The summed E-state index contributed by atoms with van der Waals surface area (Å²) in [5, 5.41) is 0. The summed E-state index contributed by atoms with van der Waals surface area (Å²) in [4.78, 5) is 17.5. The molecule has 0 amide bonds. The predicted octanol–water partition coefficient (Wildman–Crippen LogP) is 1.96. The molecule has 0 spiro atoms. The summed E-state index contributed by atoms with van der Waals surface area (Å²) in [5.41, 5.74) is 0. The predicted molar refractivity (Wildman–Crippen MR) is 78.4 cm³/mol. The number of anilines is 2. The third kappa shape index (κ3) is 2.84. The Morgan fingerprint density at radius 2 is 1.58 bits per heavy atom. The Hall–Kier alpha value is -1.69. The zero-order valence-corrected chi connectivity index (χ0v) is 12.0. The van der Waals surface area contributed by atoms with Gasteiger partial charge in [0.1, 0.15) is 5.82 Å². The summed E-state index contributed by atoms with van der Waals surface area (Å²) in [7, 11) is 0. The normalized spacial score (nSPS) is 15.6. The molecule has 0 atom stereocenters. The number of aromatic nitrogens is 3. The molecule has 0 N–H and O–H groups in total. The van der Waals surface area contributed by atoms with E-state index < -0.39 is 0 Å². The molecule has 5 nitrogen and oxygen atoms in total. The molecule has 1 aliphatic heterocycles. The lowest BCUT2D eigenvalue weighted by Crippen LogP contribution is -2.47. The molecule has 0 saturated carbocycles. The van der Waals surface area contributed by atoms with Crippen molar-refractivity contribution in [2.75, 3.05) is 36.0 Å². The first-order valence-electron chi connectivity index (χ1n) is 6.21. The standard InChI is InChI=1S/C13H14BrN5/c14-11-2-3-12(17-10-11)18-6-8-19(9-7-18)13-15-4-1-5-16-13/h1-5,10H,6-9H2. The number of halogens is 1. The number of hydrogen-bond acceptors (Lipinski definition) is 5. The monoisotopic (exact) mass is 319 g/mol. The molecule has 0 radical (unpaired) electrons. The highest BCUT2D eigenvalue weighted by atomic mass is 79.9. The van der Waals surface area contributed by atoms with E-state index in [2.05, 4.69) is 40.7 Å². The van der Waals surface area contributed by atoms with Gasteiger partial charge in [0.25, 0.3) is 0 Å². The van der Waals surface area contributed by atoms with E-state index in [-0.39, 0.29) is 0 Å². The summed E-state index contributed by atoms with van der Waals surface area (Å²) < 4.78 is 1.01. The van der Waals surface area contributed by atoms with Crippen LogP contribution in [0, 0.1) is 0 Å². The van der Waals surface area contributed by atoms with Crippen LogP contribution in [0.15, 0.2) is 41.3 Å². The molecule has 1 fully saturated rings. The van der Waals surface area contributed by atoms with E-state index >= 15 is 0 Å². The number of piperazine rings is 1. The van der Waals surface area contributed by atoms with Gasteiger partial charge in [-0.3, -0.25) is 0 Å². The lowest BCUT2D eigenvalue weighted by molar-refractivity contribution is 0.634. The third-order valence-electron chi connectivity index (χ3n) is 3.15. The van der Waals surface area contributed by atoms with Gasteiger partial charge < -0.3 is 9.80 Å². The van der Waals surface area contributed by atoms with Gasteiger partial charge in [0.2, 0.25) is 5.95 Å². The second kappa shape index (κ2) is 5.52. The van der Waals surface area contributed by atoms with Crippen molar-refractivity contribution in [2.45, 2.75) is 0 Å². The minimum absolute atomic E-state index is 0.811. The highest BCUT2D eigenvalue weighted by Crippen LogP contribution is 2.17. The number of pyridine rings is 1. The van der Waals surface area contributed by atoms with Crippen LogP contribution >= 0.6 is 15.9 Å². The lowest BCUT2D eigenvalue weighted by atomic mass is 10.3. The van der Waals surface area contributed by atoms with E-state index in [4.69, 9.17) is 0 Å². The highest BCUT2D eigenvalue weighted by Gasteiger charge is 2.19. The van der Waals surface area contributed by atoms with Crippen molar-refractivity contribution in [1.29, 1.82) is 0 Å². The first-order chi connectivity index (χ1) is 9.33. The van der Waals surface area contributed by atoms with Gasteiger partial charge >= 0.3 is 0 Å². The maximum atomic E-state index is 4.43. The average Bonchev–Trinajstić information content (AvgIpc) is 2.49. The third-order valence-corrected chi connectivity index (χ3v) is 3.62. The van der Waals surface area contributed by atoms with E-state index in [1.165, 1.54) is 0 Å². The Balaban J connectivity index is 1.65. The van der Waals surface area contributed by atoms with Crippen molar-refractivity contribution >= 4 is 27.7 Å². The van der Waals surface area contributed by atoms with Gasteiger partial charge in [-0.25, -0.2) is 15.0 Å². The molecule has 2 aromatic heterocycles. The van der Waals surface area contributed by atoms with Gasteiger partial charge in [-0.15, -0.1) is 0 Å². The highest BCUT2D eigenvalue weighted by molar-refractivity contribution is 9.10. The number of hydrogen-bond donors (Lipinski definition) is 0. The van der Waals surface area contributed by atoms with Crippen LogP contribution in [-0.2, 0) is 0 Å². The smallest absolute Gasteiger partial charge is 0.225 e. The van der Waals surface area contributed by atoms with E-state index in [1.54, 1.807) is 12.4 Å². The maximum Gasteiger partial charge on any atom is 0.225 e. The van der Waals surface area contributed by atoms with Crippen LogP contribution < -0.4 is 9.80 Å². The first kappa shape index (κ1) is 12.3. The van der Waals surface area contributed by atoms with E-state index in [0.29, 0.717) is 0 Å². The molecule has 0 unspecified atom stereocenters. The molecule has 0 bridgehead atoms. The van der Waals surface area contributed by atoms with Crippen LogP contribution in [0.4, 0.5) is 11.8 Å². The molecule has 1 aliphatic rings. The molecule has 98 valence electrons. The van der Waals surface area contributed by atoms with Gasteiger partial charge in [-0.2, -0.15) is 0 Å². The SMILES string of the molecule is Brc1ccc(N2CCN(c3ncccn3)CC2)nc1. The minimum atomic E-state index is 0.811. The van der Waals surface area contributed by atoms with Crippen LogP contribution in [-0.4, -0.2) is 41.1 Å². The zero-order valence-electron chi connectivity index (χ0n) is 10.4. The Labute approximate surface area is 120 Å². The molecule has 3 heterocycles. The molecular formula is C13H14BrN5.